The highest BCUT2D eigenvalue weighted by molar-refractivity contribution is 7.18. The van der Waals surface area contributed by atoms with Gasteiger partial charge in [-0.15, -0.1) is 11.3 Å². The Morgan fingerprint density at radius 3 is 2.77 bits per heavy atom. The number of carbonyl (C=O) groups is 1. The molecule has 1 saturated carbocycles. The standard InChI is InChI=1S/C25H28N2O3S/c1-29-21-11-10-16(13-22(21)30-19-6-2-3-7-19)18-12-17(25(28)26-15-18)14-24-27-20-8-4-5-9-23(20)31-24/h4-5,8-11,13,17-19H,2-3,6-7,12,14-15H2,1H3,(H,26,28)/t17-,18+/m0/s1. The molecule has 0 spiro atoms. The molecule has 3 aromatic rings. The van der Waals surface area contributed by atoms with Gasteiger partial charge in [-0.3, -0.25) is 4.79 Å². The number of aromatic nitrogens is 1. The van der Waals surface area contributed by atoms with Gasteiger partial charge in [0.05, 0.1) is 28.4 Å². The van der Waals surface area contributed by atoms with Crippen molar-refractivity contribution >= 4 is 27.5 Å². The van der Waals surface area contributed by atoms with Crippen molar-refractivity contribution in [2.24, 2.45) is 5.92 Å². The van der Waals surface area contributed by atoms with E-state index in [9.17, 15) is 4.79 Å². The van der Waals surface area contributed by atoms with E-state index in [1.54, 1.807) is 18.4 Å². The average molecular weight is 437 g/mol. The third-order valence-electron chi connectivity index (χ3n) is 6.48. The van der Waals surface area contributed by atoms with Gasteiger partial charge in [0.1, 0.15) is 0 Å². The summed E-state index contributed by atoms with van der Waals surface area (Å²) >= 11 is 1.69. The molecule has 5 rings (SSSR count). The van der Waals surface area contributed by atoms with Gasteiger partial charge in [-0.2, -0.15) is 0 Å². The maximum absolute atomic E-state index is 12.6. The van der Waals surface area contributed by atoms with Crippen molar-refractivity contribution in [1.82, 2.24) is 10.3 Å². The molecule has 0 bridgehead atoms. The number of nitrogens with one attached hydrogen (secondary N) is 1. The third kappa shape index (κ3) is 4.40. The molecule has 31 heavy (non-hydrogen) atoms. The first-order valence-corrected chi connectivity index (χ1v) is 12.0. The molecule has 1 aliphatic carbocycles. The lowest BCUT2D eigenvalue weighted by Crippen LogP contribution is -2.41. The van der Waals surface area contributed by atoms with Crippen molar-refractivity contribution < 1.29 is 14.3 Å². The van der Waals surface area contributed by atoms with Crippen LogP contribution < -0.4 is 14.8 Å². The molecule has 5 nitrogen and oxygen atoms in total. The molecule has 1 aliphatic heterocycles. The van der Waals surface area contributed by atoms with Crippen LogP contribution in [0.1, 0.15) is 48.6 Å². The van der Waals surface area contributed by atoms with E-state index in [4.69, 9.17) is 14.5 Å². The first-order chi connectivity index (χ1) is 15.2. The van der Waals surface area contributed by atoms with Crippen molar-refractivity contribution in [3.05, 3.63) is 53.0 Å². The van der Waals surface area contributed by atoms with Gasteiger partial charge in [0.2, 0.25) is 5.91 Å². The maximum atomic E-state index is 12.6. The van der Waals surface area contributed by atoms with Gasteiger partial charge in [-0.05, 0) is 61.9 Å². The lowest BCUT2D eigenvalue weighted by atomic mass is 9.83. The van der Waals surface area contributed by atoms with E-state index in [0.29, 0.717) is 13.0 Å². The summed E-state index contributed by atoms with van der Waals surface area (Å²) in [5, 5.41) is 4.15. The normalized spacial score (nSPS) is 21.9. The topological polar surface area (TPSA) is 60.5 Å². The minimum absolute atomic E-state index is 0.0689. The van der Waals surface area contributed by atoms with Gasteiger partial charge in [-0.1, -0.05) is 18.2 Å². The summed E-state index contributed by atoms with van der Waals surface area (Å²) in [6.07, 6.45) is 6.46. The summed E-state index contributed by atoms with van der Waals surface area (Å²) in [5.41, 5.74) is 2.21. The number of nitrogens with zero attached hydrogens (tertiary/aromatic N) is 1. The van der Waals surface area contributed by atoms with Crippen LogP contribution in [-0.2, 0) is 11.2 Å². The summed E-state index contributed by atoms with van der Waals surface area (Å²) in [7, 11) is 1.69. The van der Waals surface area contributed by atoms with Crippen LogP contribution in [0, 0.1) is 5.92 Å². The van der Waals surface area contributed by atoms with Crippen molar-refractivity contribution in [3.63, 3.8) is 0 Å². The molecular weight excluding hydrogens is 408 g/mol. The Morgan fingerprint density at radius 2 is 1.97 bits per heavy atom. The van der Waals surface area contributed by atoms with Crippen molar-refractivity contribution in [2.45, 2.75) is 50.5 Å². The van der Waals surface area contributed by atoms with Gasteiger partial charge in [-0.25, -0.2) is 4.98 Å². The fourth-order valence-electron chi connectivity index (χ4n) is 4.78. The molecule has 6 heteroatoms. The van der Waals surface area contributed by atoms with E-state index >= 15 is 0 Å². The minimum atomic E-state index is -0.0689. The number of hydrogen-bond acceptors (Lipinski definition) is 5. The molecule has 1 aromatic heterocycles. The van der Waals surface area contributed by atoms with Crippen LogP contribution in [0.3, 0.4) is 0 Å². The number of hydrogen-bond donors (Lipinski definition) is 1. The van der Waals surface area contributed by atoms with Crippen LogP contribution in [0.2, 0.25) is 0 Å². The Kier molecular flexibility index (Phi) is 5.81. The minimum Gasteiger partial charge on any atom is -0.493 e. The summed E-state index contributed by atoms with van der Waals surface area (Å²) < 4.78 is 13.0. The van der Waals surface area contributed by atoms with E-state index in [-0.39, 0.29) is 23.8 Å². The molecule has 0 radical (unpaired) electrons. The molecule has 0 unspecified atom stereocenters. The average Bonchev–Trinajstić information content (AvgIpc) is 3.44. The second kappa shape index (κ2) is 8.87. The van der Waals surface area contributed by atoms with E-state index < -0.39 is 0 Å². The first-order valence-electron chi connectivity index (χ1n) is 11.2. The third-order valence-corrected chi connectivity index (χ3v) is 7.54. The highest BCUT2D eigenvalue weighted by atomic mass is 32.1. The lowest BCUT2D eigenvalue weighted by Gasteiger charge is -2.29. The van der Waals surface area contributed by atoms with Crippen LogP contribution >= 0.6 is 11.3 Å². The first kappa shape index (κ1) is 20.3. The van der Waals surface area contributed by atoms with Crippen LogP contribution in [0.25, 0.3) is 10.2 Å². The van der Waals surface area contributed by atoms with Gasteiger partial charge in [0.15, 0.2) is 11.5 Å². The molecule has 1 amide bonds. The van der Waals surface area contributed by atoms with Gasteiger partial charge in [0.25, 0.3) is 0 Å². The predicted octanol–water partition coefficient (Wildman–Crippen LogP) is 5.09. The highest BCUT2D eigenvalue weighted by Gasteiger charge is 2.31. The zero-order valence-corrected chi connectivity index (χ0v) is 18.6. The second-order valence-electron chi connectivity index (χ2n) is 8.59. The number of methoxy groups -OCH3 is 1. The molecule has 1 N–H and O–H groups in total. The Morgan fingerprint density at radius 1 is 1.13 bits per heavy atom. The number of para-hydroxylation sites is 1. The van der Waals surface area contributed by atoms with Crippen molar-refractivity contribution in [3.8, 4) is 11.5 Å². The summed E-state index contributed by atoms with van der Waals surface area (Å²) in [4.78, 5) is 17.3. The number of fused-ring (bicyclic) bond motifs is 1. The monoisotopic (exact) mass is 436 g/mol. The summed E-state index contributed by atoms with van der Waals surface area (Å²) in [6.45, 7) is 0.657. The van der Waals surface area contributed by atoms with E-state index in [0.717, 1.165) is 41.3 Å². The second-order valence-corrected chi connectivity index (χ2v) is 9.70. The Hall–Kier alpha value is -2.60. The van der Waals surface area contributed by atoms with Crippen LogP contribution in [0.4, 0.5) is 0 Å². The molecule has 2 aromatic carbocycles. The van der Waals surface area contributed by atoms with Gasteiger partial charge >= 0.3 is 0 Å². The number of rotatable bonds is 6. The van der Waals surface area contributed by atoms with Crippen LogP contribution in [-0.4, -0.2) is 30.6 Å². The summed E-state index contributed by atoms with van der Waals surface area (Å²) in [5.74, 6) is 1.93. The SMILES string of the molecule is COc1ccc([C@H]2CNC(=O)[C@H](Cc3nc4ccccc4s3)C2)cc1OC1CCCC1. The quantitative estimate of drug-likeness (QED) is 0.585. The van der Waals surface area contributed by atoms with Gasteiger partial charge < -0.3 is 14.8 Å². The fraction of sp³-hybridized carbons (Fsp3) is 0.440. The summed E-state index contributed by atoms with van der Waals surface area (Å²) in [6, 6.07) is 14.4. The van der Waals surface area contributed by atoms with Crippen LogP contribution in [0.5, 0.6) is 11.5 Å². The Balaban J connectivity index is 1.33. The molecular formula is C25H28N2O3S. The fourth-order valence-corrected chi connectivity index (χ4v) is 5.82. The Bertz CT molecular complexity index is 1040. The van der Waals surface area contributed by atoms with Crippen molar-refractivity contribution in [2.75, 3.05) is 13.7 Å². The van der Waals surface area contributed by atoms with E-state index in [1.165, 1.54) is 23.1 Å². The van der Waals surface area contributed by atoms with Crippen LogP contribution in [0.15, 0.2) is 42.5 Å². The predicted molar refractivity (Wildman–Crippen MR) is 123 cm³/mol. The number of benzene rings is 2. The molecule has 2 fully saturated rings. The van der Waals surface area contributed by atoms with E-state index in [2.05, 4.69) is 23.5 Å². The molecule has 162 valence electrons. The largest absolute Gasteiger partial charge is 0.493 e. The molecule has 2 atom stereocenters. The number of ether oxygens (including phenoxy) is 2. The van der Waals surface area contributed by atoms with E-state index in [1.807, 2.05) is 24.3 Å². The highest BCUT2D eigenvalue weighted by Crippen LogP contribution is 2.37. The maximum Gasteiger partial charge on any atom is 0.223 e. The zero-order chi connectivity index (χ0) is 21.2. The number of amides is 1. The molecule has 2 heterocycles. The molecule has 2 aliphatic rings. The number of thiazole rings is 1. The van der Waals surface area contributed by atoms with Crippen molar-refractivity contribution in [1.29, 1.82) is 0 Å². The smallest absolute Gasteiger partial charge is 0.223 e. The zero-order valence-electron chi connectivity index (χ0n) is 17.8. The Labute approximate surface area is 186 Å². The number of carbonyl (C=O) groups excluding carboxylic acids is 1. The lowest BCUT2D eigenvalue weighted by molar-refractivity contribution is -0.126. The van der Waals surface area contributed by atoms with Gasteiger partial charge in [0, 0.05) is 24.8 Å². The molecule has 1 saturated heterocycles. The number of piperidine rings is 1.